The van der Waals surface area contributed by atoms with Gasteiger partial charge in [-0.3, -0.25) is 4.98 Å². The summed E-state index contributed by atoms with van der Waals surface area (Å²) in [5.74, 6) is 0.496. The second-order valence-corrected chi connectivity index (χ2v) is 8.68. The highest BCUT2D eigenvalue weighted by molar-refractivity contribution is 5.90. The van der Waals surface area contributed by atoms with Crippen LogP contribution in [0.25, 0.3) is 16.6 Å². The van der Waals surface area contributed by atoms with Crippen LogP contribution in [0.2, 0.25) is 0 Å². The number of pyridine rings is 1. The van der Waals surface area contributed by atoms with Gasteiger partial charge in [0, 0.05) is 31.1 Å². The van der Waals surface area contributed by atoms with Gasteiger partial charge in [-0.05, 0) is 45.9 Å². The summed E-state index contributed by atoms with van der Waals surface area (Å²) < 4.78 is 7.34. The van der Waals surface area contributed by atoms with E-state index in [0.29, 0.717) is 25.5 Å². The molecule has 158 valence electrons. The lowest BCUT2D eigenvalue weighted by Crippen LogP contribution is -2.54. The molecule has 1 amide bonds. The highest BCUT2D eigenvalue weighted by atomic mass is 16.6. The monoisotopic (exact) mass is 408 g/mol. The number of aromatic nitrogens is 3. The van der Waals surface area contributed by atoms with Gasteiger partial charge >= 0.3 is 6.09 Å². The summed E-state index contributed by atoms with van der Waals surface area (Å²) >= 11 is 0. The third-order valence-electron chi connectivity index (χ3n) is 5.18. The Hall–Kier alpha value is -3.29. The van der Waals surface area contributed by atoms with Crippen molar-refractivity contribution in [3.8, 4) is 5.69 Å². The molecule has 30 heavy (non-hydrogen) atoms. The SMILES string of the molecule is C[C@H]1CN(C(=O)OC(C)(C)C)CCN1c1cncc(-n2nc(N)c3ccccc32)c1. The predicted octanol–water partition coefficient (Wildman–Crippen LogP) is 3.45. The molecule has 8 heteroatoms. The van der Waals surface area contributed by atoms with E-state index in [1.54, 1.807) is 11.1 Å². The first-order valence-corrected chi connectivity index (χ1v) is 10.2. The lowest BCUT2D eigenvalue weighted by molar-refractivity contribution is 0.0219. The van der Waals surface area contributed by atoms with E-state index >= 15 is 0 Å². The van der Waals surface area contributed by atoms with Crippen molar-refractivity contribution in [3.63, 3.8) is 0 Å². The van der Waals surface area contributed by atoms with Crippen molar-refractivity contribution in [1.29, 1.82) is 0 Å². The van der Waals surface area contributed by atoms with Gasteiger partial charge in [0.05, 0.1) is 29.3 Å². The first kappa shape index (κ1) is 20.0. The van der Waals surface area contributed by atoms with Crippen molar-refractivity contribution in [2.75, 3.05) is 30.3 Å². The molecule has 1 aromatic carbocycles. The number of rotatable bonds is 2. The molecule has 1 aliphatic rings. The van der Waals surface area contributed by atoms with E-state index in [2.05, 4.69) is 28.0 Å². The first-order chi connectivity index (χ1) is 14.2. The molecule has 4 rings (SSSR count). The largest absolute Gasteiger partial charge is 0.444 e. The van der Waals surface area contributed by atoms with Crippen LogP contribution in [0.5, 0.6) is 0 Å². The maximum atomic E-state index is 12.4. The first-order valence-electron chi connectivity index (χ1n) is 10.2. The molecule has 3 heterocycles. The van der Waals surface area contributed by atoms with Crippen LogP contribution in [0, 0.1) is 0 Å². The summed E-state index contributed by atoms with van der Waals surface area (Å²) in [5, 5.41) is 5.42. The average Bonchev–Trinajstić information content (AvgIpc) is 3.04. The van der Waals surface area contributed by atoms with Gasteiger partial charge in [0.1, 0.15) is 5.60 Å². The van der Waals surface area contributed by atoms with Crippen LogP contribution in [0.15, 0.2) is 42.7 Å². The normalized spacial score (nSPS) is 17.4. The number of carbonyl (C=O) groups is 1. The van der Waals surface area contributed by atoms with Crippen LogP contribution in [-0.2, 0) is 4.74 Å². The van der Waals surface area contributed by atoms with Crippen LogP contribution in [-0.4, -0.2) is 57.0 Å². The minimum atomic E-state index is -0.496. The van der Waals surface area contributed by atoms with Crippen LogP contribution in [0.3, 0.4) is 0 Å². The second kappa shape index (κ2) is 7.51. The summed E-state index contributed by atoms with van der Waals surface area (Å²) in [6.07, 6.45) is 3.36. The third-order valence-corrected chi connectivity index (χ3v) is 5.18. The standard InChI is InChI=1S/C22H28N6O2/c1-15-14-26(21(29)30-22(2,3)4)9-10-27(15)16-11-17(13-24-12-16)28-19-8-6-5-7-18(19)20(23)25-28/h5-8,11-13,15H,9-10,14H2,1-4H3,(H2,23,25)/t15-/m0/s1. The fraction of sp³-hybridized carbons (Fsp3) is 0.409. The minimum Gasteiger partial charge on any atom is -0.444 e. The number of carbonyl (C=O) groups excluding carboxylic acids is 1. The van der Waals surface area contributed by atoms with Gasteiger partial charge in [-0.2, -0.15) is 0 Å². The number of hydrogen-bond donors (Lipinski definition) is 1. The Morgan fingerprint density at radius 3 is 2.63 bits per heavy atom. The van der Waals surface area contributed by atoms with Crippen molar-refractivity contribution in [1.82, 2.24) is 19.7 Å². The predicted molar refractivity (Wildman–Crippen MR) is 118 cm³/mol. The van der Waals surface area contributed by atoms with Crippen LogP contribution < -0.4 is 10.6 Å². The topological polar surface area (TPSA) is 89.5 Å². The van der Waals surface area contributed by atoms with Crippen molar-refractivity contribution in [3.05, 3.63) is 42.7 Å². The fourth-order valence-electron chi connectivity index (χ4n) is 3.81. The summed E-state index contributed by atoms with van der Waals surface area (Å²) in [6, 6.07) is 10.1. The molecule has 1 atom stereocenters. The number of ether oxygens (including phenoxy) is 1. The van der Waals surface area contributed by atoms with Crippen molar-refractivity contribution >= 4 is 28.5 Å². The van der Waals surface area contributed by atoms with Crippen molar-refractivity contribution < 1.29 is 9.53 Å². The molecule has 1 saturated heterocycles. The lowest BCUT2D eigenvalue weighted by atomic mass is 10.1. The van der Waals surface area contributed by atoms with Crippen LogP contribution in [0.4, 0.5) is 16.3 Å². The minimum absolute atomic E-state index is 0.128. The zero-order chi connectivity index (χ0) is 21.5. The van der Waals surface area contributed by atoms with E-state index in [-0.39, 0.29) is 12.1 Å². The van der Waals surface area contributed by atoms with E-state index in [1.165, 1.54) is 0 Å². The van der Waals surface area contributed by atoms with Crippen LogP contribution in [0.1, 0.15) is 27.7 Å². The molecule has 2 N–H and O–H groups in total. The molecule has 0 bridgehead atoms. The van der Waals surface area contributed by atoms with E-state index in [9.17, 15) is 4.79 Å². The van der Waals surface area contributed by atoms with E-state index in [0.717, 1.165) is 22.3 Å². The zero-order valence-corrected chi connectivity index (χ0v) is 17.9. The molecular formula is C22H28N6O2. The number of fused-ring (bicyclic) bond motifs is 1. The molecule has 1 fully saturated rings. The number of amides is 1. The number of anilines is 2. The van der Waals surface area contributed by atoms with E-state index in [1.807, 2.05) is 55.9 Å². The molecule has 0 saturated carbocycles. The van der Waals surface area contributed by atoms with Gasteiger partial charge in [-0.25, -0.2) is 9.48 Å². The number of nitrogen functional groups attached to an aromatic ring is 1. The Labute approximate surface area is 176 Å². The Kier molecular flexibility index (Phi) is 5.01. The number of hydrogen-bond acceptors (Lipinski definition) is 6. The smallest absolute Gasteiger partial charge is 0.410 e. The Morgan fingerprint density at radius 1 is 1.17 bits per heavy atom. The highest BCUT2D eigenvalue weighted by Gasteiger charge is 2.30. The molecule has 0 spiro atoms. The van der Waals surface area contributed by atoms with E-state index < -0.39 is 5.60 Å². The third kappa shape index (κ3) is 3.90. The molecule has 1 aliphatic heterocycles. The molecule has 0 aliphatic carbocycles. The van der Waals surface area contributed by atoms with Gasteiger partial charge in [-0.15, -0.1) is 5.10 Å². The summed E-state index contributed by atoms with van der Waals surface area (Å²) in [5.41, 5.74) is 8.38. The number of para-hydroxylation sites is 1. The fourth-order valence-corrected chi connectivity index (χ4v) is 3.81. The van der Waals surface area contributed by atoms with E-state index in [4.69, 9.17) is 10.5 Å². The Balaban J connectivity index is 1.55. The Bertz CT molecular complexity index is 1070. The van der Waals surface area contributed by atoms with Crippen molar-refractivity contribution in [2.24, 2.45) is 0 Å². The number of nitrogens with zero attached hydrogens (tertiary/aromatic N) is 5. The number of nitrogens with two attached hydrogens (primary N) is 1. The second-order valence-electron chi connectivity index (χ2n) is 8.68. The summed E-state index contributed by atoms with van der Waals surface area (Å²) in [6.45, 7) is 9.64. The van der Waals surface area contributed by atoms with Crippen molar-refractivity contribution in [2.45, 2.75) is 39.3 Å². The zero-order valence-electron chi connectivity index (χ0n) is 17.9. The molecule has 8 nitrogen and oxygen atoms in total. The van der Waals surface area contributed by atoms with Gasteiger partial charge in [0.15, 0.2) is 5.82 Å². The number of benzene rings is 1. The lowest BCUT2D eigenvalue weighted by Gasteiger charge is -2.41. The highest BCUT2D eigenvalue weighted by Crippen LogP contribution is 2.27. The molecular weight excluding hydrogens is 380 g/mol. The number of piperazine rings is 1. The van der Waals surface area contributed by atoms with Gasteiger partial charge in [0.2, 0.25) is 0 Å². The average molecular weight is 409 g/mol. The molecule has 0 radical (unpaired) electrons. The Morgan fingerprint density at radius 2 is 1.90 bits per heavy atom. The molecule has 3 aromatic rings. The molecule has 2 aromatic heterocycles. The summed E-state index contributed by atoms with van der Waals surface area (Å²) in [4.78, 5) is 20.9. The van der Waals surface area contributed by atoms with Gasteiger partial charge < -0.3 is 20.3 Å². The molecule has 0 unspecified atom stereocenters. The maximum Gasteiger partial charge on any atom is 0.410 e. The summed E-state index contributed by atoms with van der Waals surface area (Å²) in [7, 11) is 0. The maximum absolute atomic E-state index is 12.4. The van der Waals surface area contributed by atoms with Gasteiger partial charge in [0.25, 0.3) is 0 Å². The van der Waals surface area contributed by atoms with Crippen LogP contribution >= 0.6 is 0 Å². The van der Waals surface area contributed by atoms with Gasteiger partial charge in [-0.1, -0.05) is 12.1 Å². The quantitative estimate of drug-likeness (QED) is 0.699.